The highest BCUT2D eigenvalue weighted by Gasteiger charge is 2.22. The molecule has 190 valence electrons. The van der Waals surface area contributed by atoms with Gasteiger partial charge < -0.3 is 13.9 Å². The van der Waals surface area contributed by atoms with Gasteiger partial charge >= 0.3 is 5.76 Å². The fourth-order valence-electron chi connectivity index (χ4n) is 4.75. The van der Waals surface area contributed by atoms with Crippen LogP contribution >= 0.6 is 0 Å². The van der Waals surface area contributed by atoms with Gasteiger partial charge in [-0.2, -0.15) is 0 Å². The number of benzene rings is 3. The summed E-state index contributed by atoms with van der Waals surface area (Å²) in [5, 5.41) is 0. The maximum Gasteiger partial charge on any atom is 0.421 e. The number of carbonyl (C=O) groups excluding carboxylic acids is 1. The lowest BCUT2D eigenvalue weighted by Crippen LogP contribution is -2.47. The molecular formula is C27H23F2N3O5. The zero-order valence-electron chi connectivity index (χ0n) is 19.8. The van der Waals surface area contributed by atoms with Gasteiger partial charge in [-0.25, -0.2) is 13.6 Å². The van der Waals surface area contributed by atoms with Crippen molar-refractivity contribution < 1.29 is 27.5 Å². The Morgan fingerprint density at radius 2 is 1.65 bits per heavy atom. The minimum absolute atomic E-state index is 0.107. The van der Waals surface area contributed by atoms with Crippen molar-refractivity contribution in [2.45, 2.75) is 13.2 Å². The molecule has 3 aromatic carbocycles. The molecule has 3 heterocycles. The lowest BCUT2D eigenvalue weighted by Gasteiger charge is -2.34. The minimum Gasteiger partial charge on any atom is -0.454 e. The Hall–Kier alpha value is -4.02. The highest BCUT2D eigenvalue weighted by molar-refractivity contribution is 6.10. The zero-order chi connectivity index (χ0) is 25.5. The van der Waals surface area contributed by atoms with Crippen LogP contribution in [0.5, 0.6) is 11.5 Å². The molecule has 1 fully saturated rings. The SMILES string of the molecule is O=C(c1ccc2c(c1)oc(=O)n2CN1CCN(Cc2ccc3c(c2)OCO3)CC1)c1cc(F)ccc1F. The smallest absolute Gasteiger partial charge is 0.421 e. The van der Waals surface area contributed by atoms with E-state index in [0.717, 1.165) is 68.0 Å². The molecule has 2 aliphatic rings. The summed E-state index contributed by atoms with van der Waals surface area (Å²) in [7, 11) is 0. The van der Waals surface area contributed by atoms with Gasteiger partial charge in [0.15, 0.2) is 22.9 Å². The molecule has 1 aromatic heterocycles. The van der Waals surface area contributed by atoms with Gasteiger partial charge in [0, 0.05) is 38.3 Å². The second-order valence-corrected chi connectivity index (χ2v) is 9.16. The van der Waals surface area contributed by atoms with Gasteiger partial charge in [-0.3, -0.25) is 19.2 Å². The Morgan fingerprint density at radius 3 is 2.49 bits per heavy atom. The fourth-order valence-corrected chi connectivity index (χ4v) is 4.75. The first-order valence-corrected chi connectivity index (χ1v) is 11.9. The lowest BCUT2D eigenvalue weighted by molar-refractivity contribution is 0.102. The molecule has 8 nitrogen and oxygen atoms in total. The van der Waals surface area contributed by atoms with E-state index in [1.54, 1.807) is 6.07 Å². The molecule has 0 radical (unpaired) electrons. The van der Waals surface area contributed by atoms with E-state index in [1.165, 1.54) is 16.7 Å². The van der Waals surface area contributed by atoms with Crippen LogP contribution in [0.2, 0.25) is 0 Å². The first-order valence-electron chi connectivity index (χ1n) is 11.9. The number of aromatic nitrogens is 1. The largest absolute Gasteiger partial charge is 0.454 e. The maximum absolute atomic E-state index is 14.1. The molecule has 0 saturated carbocycles. The van der Waals surface area contributed by atoms with Crippen LogP contribution in [0.4, 0.5) is 8.78 Å². The summed E-state index contributed by atoms with van der Waals surface area (Å²) in [6.45, 7) is 4.58. The summed E-state index contributed by atoms with van der Waals surface area (Å²) >= 11 is 0. The zero-order valence-corrected chi connectivity index (χ0v) is 19.8. The normalized spacial score (nSPS) is 15.9. The predicted octanol–water partition coefficient (Wildman–Crippen LogP) is 3.61. The van der Waals surface area contributed by atoms with Crippen molar-refractivity contribution in [1.82, 2.24) is 14.4 Å². The third kappa shape index (κ3) is 4.61. The number of piperazine rings is 1. The van der Waals surface area contributed by atoms with Gasteiger partial charge in [-0.05, 0) is 54.1 Å². The molecule has 0 N–H and O–H groups in total. The topological polar surface area (TPSA) is 77.2 Å². The molecule has 6 rings (SSSR count). The summed E-state index contributed by atoms with van der Waals surface area (Å²) in [5.41, 5.74) is 1.63. The molecule has 37 heavy (non-hydrogen) atoms. The van der Waals surface area contributed by atoms with Crippen molar-refractivity contribution in [1.29, 1.82) is 0 Å². The van der Waals surface area contributed by atoms with Crippen LogP contribution in [-0.4, -0.2) is 53.1 Å². The monoisotopic (exact) mass is 507 g/mol. The molecule has 0 atom stereocenters. The Bertz CT molecular complexity index is 1560. The van der Waals surface area contributed by atoms with E-state index in [-0.39, 0.29) is 23.5 Å². The predicted molar refractivity (Wildman–Crippen MR) is 130 cm³/mol. The van der Waals surface area contributed by atoms with Crippen molar-refractivity contribution in [3.05, 3.63) is 93.5 Å². The molecule has 10 heteroatoms. The Labute approximate surface area is 210 Å². The van der Waals surface area contributed by atoms with Crippen LogP contribution in [0, 0.1) is 11.6 Å². The quantitative estimate of drug-likeness (QED) is 0.369. The maximum atomic E-state index is 14.1. The molecule has 0 aliphatic carbocycles. The summed E-state index contributed by atoms with van der Waals surface area (Å²) in [4.78, 5) is 29.8. The highest BCUT2D eigenvalue weighted by Crippen LogP contribution is 2.33. The number of ketones is 1. The van der Waals surface area contributed by atoms with E-state index in [0.29, 0.717) is 12.2 Å². The Morgan fingerprint density at radius 1 is 0.865 bits per heavy atom. The van der Waals surface area contributed by atoms with E-state index in [4.69, 9.17) is 13.9 Å². The minimum atomic E-state index is -0.816. The molecule has 0 spiro atoms. The van der Waals surface area contributed by atoms with Crippen LogP contribution in [-0.2, 0) is 13.2 Å². The van der Waals surface area contributed by atoms with Crippen LogP contribution in [0.25, 0.3) is 11.1 Å². The molecule has 0 bridgehead atoms. The molecular weight excluding hydrogens is 484 g/mol. The van der Waals surface area contributed by atoms with Crippen molar-refractivity contribution in [3.8, 4) is 11.5 Å². The first-order chi connectivity index (χ1) is 17.9. The highest BCUT2D eigenvalue weighted by atomic mass is 19.1. The molecule has 0 unspecified atom stereocenters. The van der Waals surface area contributed by atoms with Crippen LogP contribution in [0.1, 0.15) is 21.5 Å². The van der Waals surface area contributed by atoms with E-state index in [1.807, 2.05) is 18.2 Å². The van der Waals surface area contributed by atoms with Crippen LogP contribution in [0.3, 0.4) is 0 Å². The average Bonchev–Trinajstić information content (AvgIpc) is 3.49. The van der Waals surface area contributed by atoms with Crippen molar-refractivity contribution in [2.24, 2.45) is 0 Å². The number of ether oxygens (including phenoxy) is 2. The summed E-state index contributed by atoms with van der Waals surface area (Å²) in [6.07, 6.45) is 0. The lowest BCUT2D eigenvalue weighted by atomic mass is 10.0. The fraction of sp³-hybridized carbons (Fsp3) is 0.259. The number of hydrogen-bond donors (Lipinski definition) is 0. The standard InChI is InChI=1S/C27H23F2N3O5/c28-19-3-4-21(29)20(13-19)26(33)18-2-5-22-24(12-18)37-27(34)32(22)15-31-9-7-30(8-10-31)14-17-1-6-23-25(11-17)36-16-35-23/h1-6,11-13H,7-10,14-16H2. The van der Waals surface area contributed by atoms with E-state index >= 15 is 0 Å². The second-order valence-electron chi connectivity index (χ2n) is 9.16. The third-order valence-electron chi connectivity index (χ3n) is 6.75. The molecule has 4 aromatic rings. The second kappa shape index (κ2) is 9.45. The van der Waals surface area contributed by atoms with Gasteiger partial charge in [-0.1, -0.05) is 6.07 Å². The molecule has 2 aliphatic heterocycles. The Balaban J connectivity index is 1.13. The molecule has 0 amide bonds. The van der Waals surface area contributed by atoms with Crippen LogP contribution in [0.15, 0.2) is 63.8 Å². The summed E-state index contributed by atoms with van der Waals surface area (Å²) < 4.78 is 45.3. The molecule has 1 saturated heterocycles. The third-order valence-corrected chi connectivity index (χ3v) is 6.75. The van der Waals surface area contributed by atoms with Gasteiger partial charge in [0.05, 0.1) is 17.7 Å². The summed E-state index contributed by atoms with van der Waals surface area (Å²) in [6, 6.07) is 13.2. The van der Waals surface area contributed by atoms with Gasteiger partial charge in [0.1, 0.15) is 11.6 Å². The Kier molecular flexibility index (Phi) is 5.97. The first kappa shape index (κ1) is 23.4. The van der Waals surface area contributed by atoms with E-state index < -0.39 is 23.2 Å². The van der Waals surface area contributed by atoms with Crippen molar-refractivity contribution >= 4 is 16.9 Å². The van der Waals surface area contributed by atoms with Crippen LogP contribution < -0.4 is 15.2 Å². The number of carbonyl (C=O) groups is 1. The number of oxazole rings is 1. The number of hydrogen-bond acceptors (Lipinski definition) is 7. The number of fused-ring (bicyclic) bond motifs is 2. The van der Waals surface area contributed by atoms with Gasteiger partial charge in [0.2, 0.25) is 6.79 Å². The van der Waals surface area contributed by atoms with Gasteiger partial charge in [-0.15, -0.1) is 0 Å². The van der Waals surface area contributed by atoms with Gasteiger partial charge in [0.25, 0.3) is 0 Å². The van der Waals surface area contributed by atoms with Crippen molar-refractivity contribution in [3.63, 3.8) is 0 Å². The van der Waals surface area contributed by atoms with E-state index in [2.05, 4.69) is 9.80 Å². The average molecular weight is 507 g/mol. The number of halogens is 2. The summed E-state index contributed by atoms with van der Waals surface area (Å²) in [5.74, 6) is -1.22. The number of nitrogens with zero attached hydrogens (tertiary/aromatic N) is 3. The number of rotatable bonds is 6. The van der Waals surface area contributed by atoms with Crippen molar-refractivity contribution in [2.75, 3.05) is 33.0 Å². The van der Waals surface area contributed by atoms with E-state index in [9.17, 15) is 18.4 Å².